The van der Waals surface area contributed by atoms with Crippen molar-refractivity contribution in [3.63, 3.8) is 0 Å². The van der Waals surface area contributed by atoms with Gasteiger partial charge >= 0.3 is 6.03 Å². The van der Waals surface area contributed by atoms with Crippen molar-refractivity contribution in [1.82, 2.24) is 15.5 Å². The van der Waals surface area contributed by atoms with Crippen LogP contribution in [0.4, 0.5) is 4.79 Å². The molecule has 2 N–H and O–H groups in total. The van der Waals surface area contributed by atoms with Crippen LogP contribution in [-0.4, -0.2) is 43.3 Å². The Labute approximate surface area is 168 Å². The molecule has 2 aromatic carbocycles. The average Bonchev–Trinajstić information content (AvgIpc) is 2.99. The molecule has 2 aromatic rings. The number of nitrogens with one attached hydrogen (secondary N) is 2. The number of nitrogens with zero attached hydrogens (tertiary/aromatic N) is 1. The highest BCUT2D eigenvalue weighted by molar-refractivity contribution is 5.75. The summed E-state index contributed by atoms with van der Waals surface area (Å²) in [6.45, 7) is 6.07. The fourth-order valence-electron chi connectivity index (χ4n) is 3.65. The molecule has 5 nitrogen and oxygen atoms in total. The Morgan fingerprint density at radius 3 is 2.50 bits per heavy atom. The van der Waals surface area contributed by atoms with Gasteiger partial charge in [0.2, 0.25) is 0 Å². The van der Waals surface area contributed by atoms with Crippen LogP contribution < -0.4 is 10.6 Å². The van der Waals surface area contributed by atoms with Gasteiger partial charge in [0.15, 0.2) is 0 Å². The van der Waals surface area contributed by atoms with Gasteiger partial charge in [0.25, 0.3) is 0 Å². The van der Waals surface area contributed by atoms with Crippen LogP contribution in [0, 0.1) is 0 Å². The second-order valence-electron chi connectivity index (χ2n) is 8.39. The first-order chi connectivity index (χ1) is 13.3. The topological polar surface area (TPSA) is 53.6 Å². The highest BCUT2D eigenvalue weighted by Crippen LogP contribution is 2.25. The van der Waals surface area contributed by atoms with Crippen LogP contribution in [0.25, 0.3) is 11.1 Å². The van der Waals surface area contributed by atoms with Crippen molar-refractivity contribution in [3.8, 4) is 11.1 Å². The second kappa shape index (κ2) is 8.76. The van der Waals surface area contributed by atoms with E-state index in [9.17, 15) is 4.79 Å². The Morgan fingerprint density at radius 2 is 1.86 bits per heavy atom. The Morgan fingerprint density at radius 1 is 1.14 bits per heavy atom. The van der Waals surface area contributed by atoms with E-state index in [-0.39, 0.29) is 17.7 Å². The molecule has 5 heteroatoms. The van der Waals surface area contributed by atoms with Gasteiger partial charge in [0, 0.05) is 13.1 Å². The second-order valence-corrected chi connectivity index (χ2v) is 8.39. The number of carbonyl (C=O) groups is 1. The summed E-state index contributed by atoms with van der Waals surface area (Å²) >= 11 is 0. The van der Waals surface area contributed by atoms with Gasteiger partial charge in [-0.1, -0.05) is 48.5 Å². The molecule has 1 fully saturated rings. The Bertz CT molecular complexity index is 800. The molecule has 0 bridgehead atoms. The van der Waals surface area contributed by atoms with Gasteiger partial charge < -0.3 is 20.3 Å². The lowest BCUT2D eigenvalue weighted by Gasteiger charge is -2.17. The monoisotopic (exact) mass is 381 g/mol. The molecule has 1 aliphatic heterocycles. The van der Waals surface area contributed by atoms with E-state index in [1.54, 1.807) is 0 Å². The molecule has 2 amide bonds. The quantitative estimate of drug-likeness (QED) is 0.801. The number of rotatable bonds is 6. The maximum Gasteiger partial charge on any atom is 0.315 e. The Hall–Kier alpha value is -2.37. The molecule has 1 saturated heterocycles. The number of hydrogen-bond acceptors (Lipinski definition) is 3. The van der Waals surface area contributed by atoms with Gasteiger partial charge in [-0.05, 0) is 56.6 Å². The van der Waals surface area contributed by atoms with Crippen molar-refractivity contribution in [1.29, 1.82) is 0 Å². The molecule has 0 saturated carbocycles. The number of carbonyl (C=O) groups excluding carboxylic acids is 1. The summed E-state index contributed by atoms with van der Waals surface area (Å²) in [6.07, 6.45) is 0.830. The first kappa shape index (κ1) is 20.4. The maximum absolute atomic E-state index is 12.3. The highest BCUT2D eigenvalue weighted by Gasteiger charge is 2.32. The summed E-state index contributed by atoms with van der Waals surface area (Å²) in [4.78, 5) is 14.5. The lowest BCUT2D eigenvalue weighted by Crippen LogP contribution is -2.42. The third kappa shape index (κ3) is 5.57. The van der Waals surface area contributed by atoms with Crippen molar-refractivity contribution < 1.29 is 9.53 Å². The number of ether oxygens (including phenoxy) is 1. The summed E-state index contributed by atoms with van der Waals surface area (Å²) in [5.74, 6) is 0. The normalized spacial score (nSPS) is 18.2. The molecule has 1 heterocycles. The van der Waals surface area contributed by atoms with Crippen molar-refractivity contribution in [2.45, 2.75) is 45.0 Å². The Kier molecular flexibility index (Phi) is 6.37. The predicted molar refractivity (Wildman–Crippen MR) is 113 cm³/mol. The van der Waals surface area contributed by atoms with Gasteiger partial charge in [-0.2, -0.15) is 0 Å². The van der Waals surface area contributed by atoms with Gasteiger partial charge in [-0.15, -0.1) is 0 Å². The number of urea groups is 1. The van der Waals surface area contributed by atoms with Crippen LogP contribution >= 0.6 is 0 Å². The van der Waals surface area contributed by atoms with Crippen molar-refractivity contribution >= 4 is 6.03 Å². The summed E-state index contributed by atoms with van der Waals surface area (Å²) in [6, 6.07) is 16.7. The van der Waals surface area contributed by atoms with Crippen LogP contribution in [0.1, 0.15) is 31.4 Å². The molecule has 0 radical (unpaired) electrons. The predicted octanol–water partition coefficient (Wildman–Crippen LogP) is 3.78. The van der Waals surface area contributed by atoms with Crippen LogP contribution in [0.3, 0.4) is 0 Å². The zero-order chi connectivity index (χ0) is 20.1. The van der Waals surface area contributed by atoms with E-state index in [1.807, 2.05) is 26.0 Å². The molecule has 1 aliphatic rings. The van der Waals surface area contributed by atoms with Gasteiger partial charge in [-0.3, -0.25) is 0 Å². The zero-order valence-corrected chi connectivity index (χ0v) is 17.3. The van der Waals surface area contributed by atoms with Crippen molar-refractivity contribution in [2.24, 2.45) is 0 Å². The molecule has 150 valence electrons. The standard InChI is InChI=1S/C23H31N3O2/c1-23(2)13-20(16-28-23)25-22(27)24-14-19-7-5-6-8-21(19)18-11-9-17(10-12-18)15-26(3)4/h5-12,20H,13-16H2,1-4H3,(H2,24,25,27). The van der Waals surface area contributed by atoms with Crippen molar-refractivity contribution in [2.75, 3.05) is 20.7 Å². The zero-order valence-electron chi connectivity index (χ0n) is 17.3. The lowest BCUT2D eigenvalue weighted by atomic mass is 9.98. The first-order valence-corrected chi connectivity index (χ1v) is 9.83. The third-order valence-corrected chi connectivity index (χ3v) is 4.97. The molecule has 0 aliphatic carbocycles. The first-order valence-electron chi connectivity index (χ1n) is 9.83. The molecule has 1 unspecified atom stereocenters. The summed E-state index contributed by atoms with van der Waals surface area (Å²) in [5.41, 5.74) is 4.52. The SMILES string of the molecule is CN(C)Cc1ccc(-c2ccccc2CNC(=O)NC2COC(C)(C)C2)cc1. The van der Waals surface area contributed by atoms with Gasteiger partial charge in [0.05, 0.1) is 18.2 Å². The van der Waals surface area contributed by atoms with Crippen LogP contribution in [-0.2, 0) is 17.8 Å². The van der Waals surface area contributed by atoms with E-state index >= 15 is 0 Å². The van der Waals surface area contributed by atoms with Crippen LogP contribution in [0.15, 0.2) is 48.5 Å². The van der Waals surface area contributed by atoms with Gasteiger partial charge in [-0.25, -0.2) is 4.79 Å². The van der Waals surface area contributed by atoms with Crippen LogP contribution in [0.5, 0.6) is 0 Å². The maximum atomic E-state index is 12.3. The van der Waals surface area contributed by atoms with E-state index in [0.29, 0.717) is 13.2 Å². The lowest BCUT2D eigenvalue weighted by molar-refractivity contribution is 0.0358. The smallest absolute Gasteiger partial charge is 0.315 e. The molecule has 1 atom stereocenters. The van der Waals surface area contributed by atoms with E-state index in [2.05, 4.69) is 66.0 Å². The molecule has 0 spiro atoms. The minimum Gasteiger partial charge on any atom is -0.373 e. The highest BCUT2D eigenvalue weighted by atomic mass is 16.5. The van der Waals surface area contributed by atoms with Crippen LogP contribution in [0.2, 0.25) is 0 Å². The number of hydrogen-bond donors (Lipinski definition) is 2. The van der Waals surface area contributed by atoms with E-state index < -0.39 is 0 Å². The van der Waals surface area contributed by atoms with E-state index in [1.165, 1.54) is 5.56 Å². The van der Waals surface area contributed by atoms with E-state index in [0.717, 1.165) is 29.7 Å². The molecular weight excluding hydrogens is 350 g/mol. The van der Waals surface area contributed by atoms with E-state index in [4.69, 9.17) is 4.74 Å². The molecule has 28 heavy (non-hydrogen) atoms. The summed E-state index contributed by atoms with van der Waals surface area (Å²) in [5, 5.41) is 6.00. The summed E-state index contributed by atoms with van der Waals surface area (Å²) < 4.78 is 5.68. The minimum atomic E-state index is -0.163. The average molecular weight is 382 g/mol. The third-order valence-electron chi connectivity index (χ3n) is 4.97. The fraction of sp³-hybridized carbons (Fsp3) is 0.435. The number of benzene rings is 2. The summed E-state index contributed by atoms with van der Waals surface area (Å²) in [7, 11) is 4.14. The molecule has 3 rings (SSSR count). The molecular formula is C23H31N3O2. The Balaban J connectivity index is 1.62. The van der Waals surface area contributed by atoms with Gasteiger partial charge in [0.1, 0.15) is 0 Å². The minimum absolute atomic E-state index is 0.0643. The largest absolute Gasteiger partial charge is 0.373 e. The van der Waals surface area contributed by atoms with Crippen molar-refractivity contribution in [3.05, 3.63) is 59.7 Å². The fourth-order valence-corrected chi connectivity index (χ4v) is 3.65. The number of amides is 2. The molecule has 0 aromatic heterocycles.